The van der Waals surface area contributed by atoms with Crippen molar-refractivity contribution in [1.82, 2.24) is 5.32 Å². The quantitative estimate of drug-likeness (QED) is 0.503. The second kappa shape index (κ2) is 10.0. The summed E-state index contributed by atoms with van der Waals surface area (Å²) in [6.45, 7) is 6.86. The fourth-order valence-corrected chi connectivity index (χ4v) is 4.42. The maximum absolute atomic E-state index is 13.0. The first-order valence-corrected chi connectivity index (χ1v) is 11.4. The molecule has 0 amide bonds. The van der Waals surface area contributed by atoms with Gasteiger partial charge >= 0.3 is 5.97 Å². The van der Waals surface area contributed by atoms with Gasteiger partial charge < -0.3 is 14.8 Å². The monoisotopic (exact) mass is 415 g/mol. The largest absolute Gasteiger partial charge is 0.494 e. The number of Topliss-reactive ketones (excluding diaryl/α,β-unsaturated/α-hetero) is 1. The van der Waals surface area contributed by atoms with Crippen LogP contribution in [0, 0.1) is 0 Å². The minimum atomic E-state index is -0.402. The SMILES string of the molecule is CCOc1ccc([C@H]2C(C(=O)OCCSCC)=C(C)NC3=C2C(=O)CCC3)cc1. The van der Waals surface area contributed by atoms with Crippen molar-refractivity contribution in [2.24, 2.45) is 0 Å². The minimum absolute atomic E-state index is 0.108. The third-order valence-electron chi connectivity index (χ3n) is 5.19. The zero-order valence-corrected chi connectivity index (χ0v) is 18.2. The summed E-state index contributed by atoms with van der Waals surface area (Å²) in [5.41, 5.74) is 3.86. The van der Waals surface area contributed by atoms with Crippen LogP contribution in [-0.4, -0.2) is 36.5 Å². The number of hydrogen-bond acceptors (Lipinski definition) is 6. The number of carbonyl (C=O) groups is 2. The summed E-state index contributed by atoms with van der Waals surface area (Å²) in [5, 5.41) is 3.32. The van der Waals surface area contributed by atoms with Crippen LogP contribution >= 0.6 is 11.8 Å². The van der Waals surface area contributed by atoms with Gasteiger partial charge in [0.05, 0.1) is 12.2 Å². The van der Waals surface area contributed by atoms with Crippen molar-refractivity contribution in [3.05, 3.63) is 52.4 Å². The second-order valence-electron chi connectivity index (χ2n) is 7.10. The molecule has 1 heterocycles. The van der Waals surface area contributed by atoms with E-state index in [1.54, 1.807) is 11.8 Å². The molecule has 0 spiro atoms. The number of benzene rings is 1. The predicted octanol–water partition coefficient (Wildman–Crippen LogP) is 4.35. The Morgan fingerprint density at radius 1 is 1.21 bits per heavy atom. The van der Waals surface area contributed by atoms with Crippen molar-refractivity contribution in [2.75, 3.05) is 24.7 Å². The highest BCUT2D eigenvalue weighted by Crippen LogP contribution is 2.42. The van der Waals surface area contributed by atoms with E-state index in [9.17, 15) is 9.59 Å². The first-order chi connectivity index (χ1) is 14.1. The van der Waals surface area contributed by atoms with Crippen LogP contribution in [0.15, 0.2) is 46.8 Å². The molecule has 0 aromatic heterocycles. The number of thioether (sulfide) groups is 1. The normalized spacial score (nSPS) is 19.0. The molecule has 1 aromatic rings. The third kappa shape index (κ3) is 4.86. The van der Waals surface area contributed by atoms with E-state index in [-0.39, 0.29) is 11.8 Å². The average molecular weight is 416 g/mol. The highest BCUT2D eigenvalue weighted by molar-refractivity contribution is 7.99. The Labute approximate surface area is 176 Å². The zero-order valence-electron chi connectivity index (χ0n) is 17.4. The minimum Gasteiger partial charge on any atom is -0.494 e. The van der Waals surface area contributed by atoms with Crippen LogP contribution in [-0.2, 0) is 14.3 Å². The highest BCUT2D eigenvalue weighted by atomic mass is 32.2. The molecule has 1 N–H and O–H groups in total. The zero-order chi connectivity index (χ0) is 20.8. The van der Waals surface area contributed by atoms with Crippen LogP contribution in [0.4, 0.5) is 0 Å². The number of dihydropyridines is 1. The molecule has 5 nitrogen and oxygen atoms in total. The van der Waals surface area contributed by atoms with Gasteiger partial charge in [-0.1, -0.05) is 19.1 Å². The van der Waals surface area contributed by atoms with Crippen molar-refractivity contribution in [1.29, 1.82) is 0 Å². The fourth-order valence-electron chi connectivity index (χ4n) is 3.93. The lowest BCUT2D eigenvalue weighted by Gasteiger charge is -2.34. The lowest BCUT2D eigenvalue weighted by molar-refractivity contribution is -0.138. The highest BCUT2D eigenvalue weighted by Gasteiger charge is 2.39. The Morgan fingerprint density at radius 2 is 1.97 bits per heavy atom. The summed E-state index contributed by atoms with van der Waals surface area (Å²) >= 11 is 1.73. The maximum atomic E-state index is 13.0. The Kier molecular flexibility index (Phi) is 7.42. The molecule has 156 valence electrons. The summed E-state index contributed by atoms with van der Waals surface area (Å²) in [4.78, 5) is 25.9. The average Bonchev–Trinajstić information content (AvgIpc) is 2.71. The molecular weight excluding hydrogens is 386 g/mol. The molecule has 1 aromatic carbocycles. The number of ether oxygens (including phenoxy) is 2. The first-order valence-electron chi connectivity index (χ1n) is 10.3. The van der Waals surface area contributed by atoms with Gasteiger partial charge in [0.2, 0.25) is 0 Å². The van der Waals surface area contributed by atoms with Gasteiger partial charge in [0.25, 0.3) is 0 Å². The smallest absolute Gasteiger partial charge is 0.336 e. The summed E-state index contributed by atoms with van der Waals surface area (Å²) in [6.07, 6.45) is 2.17. The lowest BCUT2D eigenvalue weighted by atomic mass is 9.75. The second-order valence-corrected chi connectivity index (χ2v) is 8.49. The van der Waals surface area contributed by atoms with Gasteiger partial charge in [-0.05, 0) is 50.1 Å². The fraction of sp³-hybridized carbons (Fsp3) is 0.478. The molecule has 29 heavy (non-hydrogen) atoms. The van der Waals surface area contributed by atoms with Gasteiger partial charge in [0.1, 0.15) is 12.4 Å². The van der Waals surface area contributed by atoms with Gasteiger partial charge in [-0.25, -0.2) is 4.79 Å². The Balaban J connectivity index is 1.96. The summed E-state index contributed by atoms with van der Waals surface area (Å²) < 4.78 is 11.1. The van der Waals surface area contributed by atoms with Crippen molar-refractivity contribution >= 4 is 23.5 Å². The number of ketones is 1. The first kappa shape index (κ1) is 21.5. The molecule has 0 saturated heterocycles. The Morgan fingerprint density at radius 3 is 2.66 bits per heavy atom. The van der Waals surface area contributed by atoms with Crippen molar-refractivity contribution in [3.8, 4) is 5.75 Å². The summed E-state index contributed by atoms with van der Waals surface area (Å²) in [6, 6.07) is 7.68. The van der Waals surface area contributed by atoms with E-state index in [2.05, 4.69) is 12.2 Å². The molecule has 1 aliphatic carbocycles. The van der Waals surface area contributed by atoms with Gasteiger partial charge in [0.15, 0.2) is 5.78 Å². The number of esters is 1. The molecule has 0 bridgehead atoms. The van der Waals surface area contributed by atoms with E-state index in [4.69, 9.17) is 9.47 Å². The van der Waals surface area contributed by atoms with Crippen LogP contribution in [0.1, 0.15) is 51.5 Å². The van der Waals surface area contributed by atoms with Crippen LogP contribution in [0.3, 0.4) is 0 Å². The molecule has 1 aliphatic heterocycles. The molecule has 1 atom stereocenters. The van der Waals surface area contributed by atoms with Gasteiger partial charge in [-0.3, -0.25) is 4.79 Å². The number of rotatable bonds is 8. The van der Waals surface area contributed by atoms with Crippen molar-refractivity contribution in [2.45, 2.75) is 46.0 Å². The van der Waals surface area contributed by atoms with Crippen molar-refractivity contribution in [3.63, 3.8) is 0 Å². The topological polar surface area (TPSA) is 64.6 Å². The van der Waals surface area contributed by atoms with Crippen LogP contribution in [0.25, 0.3) is 0 Å². The van der Waals surface area contributed by atoms with E-state index in [0.717, 1.165) is 47.1 Å². The maximum Gasteiger partial charge on any atom is 0.336 e. The van der Waals surface area contributed by atoms with E-state index in [1.165, 1.54) is 0 Å². The van der Waals surface area contributed by atoms with Gasteiger partial charge in [-0.15, -0.1) is 0 Å². The van der Waals surface area contributed by atoms with Crippen LogP contribution in [0.5, 0.6) is 5.75 Å². The number of hydrogen-bond donors (Lipinski definition) is 1. The van der Waals surface area contributed by atoms with Gasteiger partial charge in [-0.2, -0.15) is 11.8 Å². The molecule has 0 fully saturated rings. The molecular formula is C23H29NO4S. The van der Waals surface area contributed by atoms with Gasteiger partial charge in [0, 0.05) is 35.1 Å². The van der Waals surface area contributed by atoms with E-state index >= 15 is 0 Å². The molecule has 2 aliphatic rings. The number of carbonyl (C=O) groups excluding carboxylic acids is 2. The molecule has 0 saturated carbocycles. The standard InChI is InChI=1S/C23H29NO4S/c1-4-27-17-11-9-16(10-12-17)21-20(23(26)28-13-14-29-5-2)15(3)24-18-7-6-8-19(25)22(18)21/h9-12,21,24H,4-8,13-14H2,1-3H3/t21-/m0/s1. The molecule has 3 rings (SSSR count). The van der Waals surface area contributed by atoms with E-state index in [0.29, 0.717) is 30.8 Å². The number of nitrogens with one attached hydrogen (secondary N) is 1. The summed E-state index contributed by atoms with van der Waals surface area (Å²) in [7, 11) is 0. The van der Waals surface area contributed by atoms with Crippen LogP contribution < -0.4 is 10.1 Å². The third-order valence-corrected chi connectivity index (χ3v) is 6.05. The number of allylic oxidation sites excluding steroid dienone is 3. The van der Waals surface area contributed by atoms with Crippen molar-refractivity contribution < 1.29 is 19.1 Å². The van der Waals surface area contributed by atoms with E-state index < -0.39 is 5.92 Å². The summed E-state index contributed by atoms with van der Waals surface area (Å²) in [5.74, 6) is 1.88. The predicted molar refractivity (Wildman–Crippen MR) is 116 cm³/mol. The molecule has 0 unspecified atom stereocenters. The lowest BCUT2D eigenvalue weighted by Crippen LogP contribution is -2.34. The Hall–Kier alpha value is -2.21. The van der Waals surface area contributed by atoms with Crippen LogP contribution in [0.2, 0.25) is 0 Å². The van der Waals surface area contributed by atoms with E-state index in [1.807, 2.05) is 38.1 Å². The Bertz CT molecular complexity index is 826. The molecule has 6 heteroatoms. The molecule has 0 radical (unpaired) electrons.